The lowest BCUT2D eigenvalue weighted by Gasteiger charge is -2.08. The number of benzene rings is 1. The lowest BCUT2D eigenvalue weighted by Crippen LogP contribution is -2.15. The van der Waals surface area contributed by atoms with E-state index in [2.05, 4.69) is 15.4 Å². The van der Waals surface area contributed by atoms with E-state index in [1.54, 1.807) is 20.2 Å². The van der Waals surface area contributed by atoms with Gasteiger partial charge in [-0.1, -0.05) is 0 Å². The molecule has 0 aliphatic rings. The Labute approximate surface area is 141 Å². The molecule has 5 nitrogen and oxygen atoms in total. The first-order valence-electron chi connectivity index (χ1n) is 7.27. The van der Waals surface area contributed by atoms with E-state index >= 15 is 0 Å². The molecule has 128 valence electrons. The first-order chi connectivity index (χ1) is 11.8. The number of carbonyl (C=O) groups excluding carboxylic acids is 1. The molecule has 8 heteroatoms. The van der Waals surface area contributed by atoms with Crippen LogP contribution in [0.1, 0.15) is 16.1 Å². The summed E-state index contributed by atoms with van der Waals surface area (Å²) in [4.78, 5) is 15.9. The van der Waals surface area contributed by atoms with Gasteiger partial charge < -0.3 is 5.32 Å². The number of hydrogen-bond acceptors (Lipinski definition) is 3. The maximum atomic E-state index is 14.1. The van der Waals surface area contributed by atoms with Crippen LogP contribution in [-0.2, 0) is 7.05 Å². The maximum absolute atomic E-state index is 14.1. The number of carbonyl (C=O) groups is 1. The summed E-state index contributed by atoms with van der Waals surface area (Å²) in [5.41, 5.74) is 1.03. The topological polar surface area (TPSA) is 59.8 Å². The molecule has 25 heavy (non-hydrogen) atoms. The van der Waals surface area contributed by atoms with Gasteiger partial charge in [-0.15, -0.1) is 0 Å². The number of nitrogens with zero attached hydrogens (tertiary/aromatic N) is 3. The Balaban J connectivity index is 1.99. The largest absolute Gasteiger partial charge is 0.306 e. The summed E-state index contributed by atoms with van der Waals surface area (Å²) < 4.78 is 42.4. The highest BCUT2D eigenvalue weighted by atomic mass is 19.2. The van der Waals surface area contributed by atoms with Crippen molar-refractivity contribution in [2.24, 2.45) is 7.05 Å². The van der Waals surface area contributed by atoms with E-state index < -0.39 is 28.9 Å². The Morgan fingerprint density at radius 3 is 2.56 bits per heavy atom. The third kappa shape index (κ3) is 3.37. The van der Waals surface area contributed by atoms with Crippen molar-refractivity contribution in [3.05, 3.63) is 65.4 Å². The summed E-state index contributed by atoms with van der Waals surface area (Å²) in [6.07, 6.45) is 2.55. The highest BCUT2D eigenvalue weighted by Crippen LogP contribution is 2.27. The van der Waals surface area contributed by atoms with Gasteiger partial charge in [0.2, 0.25) is 0 Å². The van der Waals surface area contributed by atoms with Crippen LogP contribution >= 0.6 is 0 Å². The summed E-state index contributed by atoms with van der Waals surface area (Å²) in [6.45, 7) is 1.72. The van der Waals surface area contributed by atoms with Crippen LogP contribution in [0.4, 0.5) is 19.0 Å². The number of aromatic nitrogens is 3. The SMILES string of the molecule is Cc1nn(C)cc1-c1cc(F)c(F)c(C(=O)Nc2ccc(F)cn2)c1. The normalized spacial score (nSPS) is 10.8. The van der Waals surface area contributed by atoms with Crippen LogP contribution in [0.5, 0.6) is 0 Å². The zero-order chi connectivity index (χ0) is 18.1. The van der Waals surface area contributed by atoms with E-state index in [1.807, 2.05) is 0 Å². The summed E-state index contributed by atoms with van der Waals surface area (Å²) >= 11 is 0. The van der Waals surface area contributed by atoms with E-state index in [1.165, 1.54) is 16.8 Å². The van der Waals surface area contributed by atoms with Crippen molar-refractivity contribution in [3.8, 4) is 11.1 Å². The zero-order valence-electron chi connectivity index (χ0n) is 13.3. The second-order valence-electron chi connectivity index (χ2n) is 5.44. The predicted octanol–water partition coefficient (Wildman–Crippen LogP) is 3.46. The van der Waals surface area contributed by atoms with Crippen LogP contribution in [0.3, 0.4) is 0 Å². The molecular formula is C17H13F3N4O. The van der Waals surface area contributed by atoms with E-state index in [-0.39, 0.29) is 5.82 Å². The number of hydrogen-bond donors (Lipinski definition) is 1. The fourth-order valence-corrected chi connectivity index (χ4v) is 2.43. The van der Waals surface area contributed by atoms with Gasteiger partial charge in [0.05, 0.1) is 17.5 Å². The molecule has 0 unspecified atom stereocenters. The standard InChI is InChI=1S/C17H13F3N4O/c1-9-13(8-24(2)23-9)10-5-12(16(20)14(19)6-10)17(25)22-15-4-3-11(18)7-21-15/h3-8H,1-2H3,(H,21,22,25). The molecule has 0 radical (unpaired) electrons. The van der Waals surface area contributed by atoms with Crippen LogP contribution in [0.15, 0.2) is 36.7 Å². The van der Waals surface area contributed by atoms with Crippen LogP contribution in [0.25, 0.3) is 11.1 Å². The van der Waals surface area contributed by atoms with Gasteiger partial charge >= 0.3 is 0 Å². The van der Waals surface area contributed by atoms with E-state index in [0.717, 1.165) is 18.3 Å². The van der Waals surface area contributed by atoms with Gasteiger partial charge in [0.25, 0.3) is 5.91 Å². The van der Waals surface area contributed by atoms with E-state index in [9.17, 15) is 18.0 Å². The van der Waals surface area contributed by atoms with Crippen molar-refractivity contribution >= 4 is 11.7 Å². The molecule has 0 spiro atoms. The molecule has 0 saturated carbocycles. The molecule has 2 heterocycles. The Bertz CT molecular complexity index is 951. The highest BCUT2D eigenvalue weighted by molar-refractivity contribution is 6.04. The number of nitrogens with one attached hydrogen (secondary N) is 1. The van der Waals surface area contributed by atoms with Crippen molar-refractivity contribution in [3.63, 3.8) is 0 Å². The van der Waals surface area contributed by atoms with Crippen molar-refractivity contribution in [2.45, 2.75) is 6.92 Å². The molecule has 2 aromatic heterocycles. The minimum absolute atomic E-state index is 0.0224. The average Bonchev–Trinajstić information content (AvgIpc) is 2.90. The van der Waals surface area contributed by atoms with E-state index in [0.29, 0.717) is 16.8 Å². The van der Waals surface area contributed by atoms with Crippen LogP contribution in [0, 0.1) is 24.4 Å². The van der Waals surface area contributed by atoms with Gasteiger partial charge in [0.1, 0.15) is 11.6 Å². The van der Waals surface area contributed by atoms with E-state index in [4.69, 9.17) is 0 Å². The molecule has 0 saturated heterocycles. The predicted molar refractivity (Wildman–Crippen MR) is 85.4 cm³/mol. The lowest BCUT2D eigenvalue weighted by molar-refractivity contribution is 0.102. The van der Waals surface area contributed by atoms with Gasteiger partial charge in [-0.2, -0.15) is 5.10 Å². The quantitative estimate of drug-likeness (QED) is 0.790. The van der Waals surface area contributed by atoms with Gasteiger partial charge in [-0.3, -0.25) is 9.48 Å². The molecule has 3 rings (SSSR count). The maximum Gasteiger partial charge on any atom is 0.259 e. The summed E-state index contributed by atoms with van der Waals surface area (Å²) in [5.74, 6) is -3.87. The smallest absolute Gasteiger partial charge is 0.259 e. The number of pyridine rings is 1. The number of anilines is 1. The first-order valence-corrected chi connectivity index (χ1v) is 7.27. The molecule has 1 N–H and O–H groups in total. The lowest BCUT2D eigenvalue weighted by atomic mass is 10.0. The molecule has 0 atom stereocenters. The summed E-state index contributed by atoms with van der Waals surface area (Å²) in [6, 6.07) is 4.55. The Morgan fingerprint density at radius 2 is 1.96 bits per heavy atom. The molecule has 1 aromatic carbocycles. The monoisotopic (exact) mass is 346 g/mol. The van der Waals surface area contributed by atoms with Crippen molar-refractivity contribution in [1.29, 1.82) is 0 Å². The highest BCUT2D eigenvalue weighted by Gasteiger charge is 2.20. The average molecular weight is 346 g/mol. The van der Waals surface area contributed by atoms with Gasteiger partial charge in [-0.05, 0) is 36.8 Å². The van der Waals surface area contributed by atoms with Gasteiger partial charge in [-0.25, -0.2) is 18.2 Å². The Hall–Kier alpha value is -3.16. The third-order valence-electron chi connectivity index (χ3n) is 3.57. The van der Waals surface area contributed by atoms with Gasteiger partial charge in [0.15, 0.2) is 11.6 Å². The Morgan fingerprint density at radius 1 is 1.20 bits per heavy atom. The first kappa shape index (κ1) is 16.7. The van der Waals surface area contributed by atoms with Crippen LogP contribution in [-0.4, -0.2) is 20.7 Å². The molecule has 0 aliphatic heterocycles. The number of rotatable bonds is 3. The van der Waals surface area contributed by atoms with Gasteiger partial charge in [0, 0.05) is 18.8 Å². The fraction of sp³-hybridized carbons (Fsp3) is 0.118. The fourth-order valence-electron chi connectivity index (χ4n) is 2.43. The molecule has 3 aromatic rings. The second kappa shape index (κ2) is 6.39. The van der Waals surface area contributed by atoms with Crippen molar-refractivity contribution in [1.82, 2.24) is 14.8 Å². The minimum atomic E-state index is -1.27. The summed E-state index contributed by atoms with van der Waals surface area (Å²) in [7, 11) is 1.70. The molecule has 0 fully saturated rings. The zero-order valence-corrected chi connectivity index (χ0v) is 13.3. The number of aryl methyl sites for hydroxylation is 2. The van der Waals surface area contributed by atoms with Crippen molar-refractivity contribution < 1.29 is 18.0 Å². The molecular weight excluding hydrogens is 333 g/mol. The number of amides is 1. The minimum Gasteiger partial charge on any atom is -0.306 e. The number of halogens is 3. The van der Waals surface area contributed by atoms with Crippen LogP contribution < -0.4 is 5.32 Å². The molecule has 0 aliphatic carbocycles. The van der Waals surface area contributed by atoms with Crippen molar-refractivity contribution in [2.75, 3.05) is 5.32 Å². The molecule has 0 bridgehead atoms. The molecule has 1 amide bonds. The van der Waals surface area contributed by atoms with Crippen LogP contribution in [0.2, 0.25) is 0 Å². The Kier molecular flexibility index (Phi) is 4.26. The third-order valence-corrected chi connectivity index (χ3v) is 3.57. The second-order valence-corrected chi connectivity index (χ2v) is 5.44. The summed E-state index contributed by atoms with van der Waals surface area (Å²) in [5, 5.41) is 6.45.